The third kappa shape index (κ3) is 2.98. The molecule has 1 aliphatic rings. The summed E-state index contributed by atoms with van der Waals surface area (Å²) in [7, 11) is -6.94. The summed E-state index contributed by atoms with van der Waals surface area (Å²) in [5.41, 5.74) is 0.956. The zero-order valence-electron chi connectivity index (χ0n) is 9.70. The van der Waals surface area contributed by atoms with Crippen molar-refractivity contribution in [3.05, 3.63) is 41.3 Å². The van der Waals surface area contributed by atoms with E-state index in [1.165, 1.54) is 18.2 Å². The molecule has 0 radical (unpaired) electrons. The average Bonchev–Trinajstić information content (AvgIpc) is 2.57. The molecule has 2 rings (SSSR count). The highest BCUT2D eigenvalue weighted by Gasteiger charge is 2.26. The van der Waals surface area contributed by atoms with Gasteiger partial charge in [-0.25, -0.2) is 21.6 Å². The minimum atomic E-state index is -3.68. The van der Waals surface area contributed by atoms with Gasteiger partial charge in [0.25, 0.3) is 0 Å². The summed E-state index contributed by atoms with van der Waals surface area (Å²) in [5.74, 6) is -0.224. The van der Waals surface area contributed by atoms with Crippen LogP contribution in [0.25, 0.3) is 0 Å². The molecule has 0 saturated carbocycles. The van der Waals surface area contributed by atoms with Crippen LogP contribution in [-0.4, -0.2) is 28.6 Å². The monoisotopic (exact) mass is 287 g/mol. The molecule has 0 aliphatic carbocycles. The normalized spacial score (nSPS) is 22.2. The van der Waals surface area contributed by atoms with E-state index in [9.17, 15) is 16.8 Å². The molecule has 0 amide bonds. The summed E-state index contributed by atoms with van der Waals surface area (Å²) in [5, 5.41) is 1.04. The van der Waals surface area contributed by atoms with Gasteiger partial charge in [-0.2, -0.15) is 0 Å². The number of sulfone groups is 1. The Kier molecular flexibility index (Phi) is 3.31. The number of benzene rings is 1. The van der Waals surface area contributed by atoms with Crippen molar-refractivity contribution in [2.24, 2.45) is 0 Å². The lowest BCUT2D eigenvalue weighted by molar-refractivity contribution is 0.575. The Balaban J connectivity index is 2.19. The highest BCUT2D eigenvalue weighted by atomic mass is 32.2. The fourth-order valence-electron chi connectivity index (χ4n) is 1.63. The van der Waals surface area contributed by atoms with Crippen LogP contribution in [0.15, 0.2) is 40.6 Å². The second-order valence-corrected chi connectivity index (χ2v) is 7.84. The van der Waals surface area contributed by atoms with E-state index < -0.39 is 25.9 Å². The van der Waals surface area contributed by atoms with Gasteiger partial charge in [0.1, 0.15) is 0 Å². The van der Waals surface area contributed by atoms with Crippen LogP contribution in [0, 0.1) is 6.92 Å². The quantitative estimate of drug-likeness (QED) is 0.882. The van der Waals surface area contributed by atoms with Crippen molar-refractivity contribution in [2.75, 3.05) is 5.75 Å². The van der Waals surface area contributed by atoms with Crippen molar-refractivity contribution in [1.29, 1.82) is 0 Å². The molecule has 0 aromatic heterocycles. The molecule has 1 atom stereocenters. The van der Waals surface area contributed by atoms with Crippen molar-refractivity contribution in [1.82, 2.24) is 4.72 Å². The van der Waals surface area contributed by atoms with Gasteiger partial charge in [0.2, 0.25) is 10.0 Å². The third-order valence-corrected chi connectivity index (χ3v) is 5.47. The smallest absolute Gasteiger partial charge is 0.224 e. The summed E-state index contributed by atoms with van der Waals surface area (Å²) in [6.07, 6.45) is 1.35. The Bertz CT molecular complexity index is 672. The molecule has 5 nitrogen and oxygen atoms in total. The molecular weight excluding hydrogens is 274 g/mol. The van der Waals surface area contributed by atoms with Gasteiger partial charge in [0.05, 0.1) is 16.7 Å². The van der Waals surface area contributed by atoms with Crippen LogP contribution >= 0.6 is 0 Å². The van der Waals surface area contributed by atoms with E-state index in [2.05, 4.69) is 4.72 Å². The second-order valence-electron chi connectivity index (χ2n) is 4.20. The Hall–Kier alpha value is -1.18. The van der Waals surface area contributed by atoms with Gasteiger partial charge in [0.15, 0.2) is 9.84 Å². The molecule has 1 aliphatic heterocycles. The van der Waals surface area contributed by atoms with Crippen LogP contribution in [0.1, 0.15) is 5.56 Å². The van der Waals surface area contributed by atoms with E-state index in [-0.39, 0.29) is 10.6 Å². The molecule has 1 aromatic rings. The van der Waals surface area contributed by atoms with E-state index in [1.807, 2.05) is 6.92 Å². The van der Waals surface area contributed by atoms with Crippen LogP contribution in [-0.2, 0) is 19.9 Å². The van der Waals surface area contributed by atoms with Crippen LogP contribution in [0.5, 0.6) is 0 Å². The predicted molar refractivity (Wildman–Crippen MR) is 68.2 cm³/mol. The minimum Gasteiger partial charge on any atom is -0.224 e. The van der Waals surface area contributed by atoms with Crippen molar-refractivity contribution in [3.8, 4) is 0 Å². The lowest BCUT2D eigenvalue weighted by atomic mass is 10.2. The first-order valence-electron chi connectivity index (χ1n) is 5.28. The van der Waals surface area contributed by atoms with E-state index in [0.29, 0.717) is 0 Å². The average molecular weight is 287 g/mol. The molecule has 1 N–H and O–H groups in total. The Labute approximate surface area is 106 Å². The van der Waals surface area contributed by atoms with Crippen LogP contribution < -0.4 is 4.72 Å². The zero-order valence-corrected chi connectivity index (χ0v) is 11.3. The molecule has 7 heteroatoms. The first-order valence-corrected chi connectivity index (χ1v) is 8.48. The van der Waals surface area contributed by atoms with Gasteiger partial charge in [-0.05, 0) is 19.1 Å². The Morgan fingerprint density at radius 1 is 1.22 bits per heavy atom. The molecule has 1 heterocycles. The molecular formula is C11H13NO4S2. The number of aryl methyl sites for hydroxylation is 1. The number of sulfonamides is 1. The minimum absolute atomic E-state index is 0.130. The number of hydrogen-bond acceptors (Lipinski definition) is 4. The van der Waals surface area contributed by atoms with Gasteiger partial charge < -0.3 is 0 Å². The molecule has 0 spiro atoms. The second kappa shape index (κ2) is 4.49. The standard InChI is InChI=1S/C11H13NO4S2/c1-9-2-4-11(5-3-9)18(15,16)12-10-6-7-17(13,14)8-10/h2-7,10,12H,8H2,1H3. The largest absolute Gasteiger partial charge is 0.241 e. The Morgan fingerprint density at radius 2 is 1.83 bits per heavy atom. The van der Waals surface area contributed by atoms with Crippen molar-refractivity contribution >= 4 is 19.9 Å². The van der Waals surface area contributed by atoms with E-state index >= 15 is 0 Å². The SMILES string of the molecule is Cc1ccc(S(=O)(=O)NC2C=CS(=O)(=O)C2)cc1. The highest BCUT2D eigenvalue weighted by molar-refractivity contribution is 7.94. The fraction of sp³-hybridized carbons (Fsp3) is 0.273. The lowest BCUT2D eigenvalue weighted by Gasteiger charge is -2.10. The molecule has 0 bridgehead atoms. The maximum Gasteiger partial charge on any atom is 0.241 e. The third-order valence-electron chi connectivity index (χ3n) is 2.57. The van der Waals surface area contributed by atoms with Crippen molar-refractivity contribution in [3.63, 3.8) is 0 Å². The first kappa shape index (κ1) is 13.3. The summed E-state index contributed by atoms with van der Waals surface area (Å²) >= 11 is 0. The number of hydrogen-bond donors (Lipinski definition) is 1. The summed E-state index contributed by atoms with van der Waals surface area (Å²) in [6, 6.07) is 5.67. The first-order chi connectivity index (χ1) is 8.28. The van der Waals surface area contributed by atoms with E-state index in [4.69, 9.17) is 0 Å². The topological polar surface area (TPSA) is 80.3 Å². The molecule has 0 fully saturated rings. The molecule has 1 aromatic carbocycles. The van der Waals surface area contributed by atoms with Crippen molar-refractivity contribution in [2.45, 2.75) is 17.9 Å². The number of rotatable bonds is 3. The molecule has 18 heavy (non-hydrogen) atoms. The number of nitrogens with one attached hydrogen (secondary N) is 1. The molecule has 0 saturated heterocycles. The zero-order chi connectivity index (χ0) is 13.4. The molecule has 98 valence electrons. The van der Waals surface area contributed by atoms with E-state index in [0.717, 1.165) is 11.0 Å². The van der Waals surface area contributed by atoms with Gasteiger partial charge in [-0.3, -0.25) is 0 Å². The van der Waals surface area contributed by atoms with Gasteiger partial charge in [0, 0.05) is 5.41 Å². The highest BCUT2D eigenvalue weighted by Crippen LogP contribution is 2.14. The van der Waals surface area contributed by atoms with E-state index in [1.54, 1.807) is 12.1 Å². The predicted octanol–water partition coefficient (Wildman–Crippen LogP) is 0.584. The van der Waals surface area contributed by atoms with Gasteiger partial charge in [-0.1, -0.05) is 23.8 Å². The van der Waals surface area contributed by atoms with Gasteiger partial charge >= 0.3 is 0 Å². The van der Waals surface area contributed by atoms with Crippen LogP contribution in [0.4, 0.5) is 0 Å². The summed E-state index contributed by atoms with van der Waals surface area (Å²) in [4.78, 5) is 0.130. The lowest BCUT2D eigenvalue weighted by Crippen LogP contribution is -2.35. The van der Waals surface area contributed by atoms with Crippen LogP contribution in [0.3, 0.4) is 0 Å². The Morgan fingerprint density at radius 3 is 2.33 bits per heavy atom. The van der Waals surface area contributed by atoms with Gasteiger partial charge in [-0.15, -0.1) is 0 Å². The fourth-order valence-corrected chi connectivity index (χ4v) is 4.17. The molecule has 1 unspecified atom stereocenters. The maximum absolute atomic E-state index is 12.0. The maximum atomic E-state index is 12.0. The van der Waals surface area contributed by atoms with Crippen molar-refractivity contribution < 1.29 is 16.8 Å². The summed E-state index contributed by atoms with van der Waals surface area (Å²) < 4.78 is 48.7. The van der Waals surface area contributed by atoms with Crippen LogP contribution in [0.2, 0.25) is 0 Å². The summed E-state index contributed by atoms with van der Waals surface area (Å²) in [6.45, 7) is 1.86.